The van der Waals surface area contributed by atoms with Crippen LogP contribution in [-0.2, 0) is 33.4 Å². The van der Waals surface area contributed by atoms with E-state index in [1.165, 1.54) is 46.2 Å². The minimum absolute atomic E-state index is 0.00379. The number of carboxylic acid groups (broad SMARTS) is 1. The maximum Gasteiger partial charge on any atom is 0.303 e. The van der Waals surface area contributed by atoms with Crippen molar-refractivity contribution < 1.29 is 29.0 Å². The summed E-state index contributed by atoms with van der Waals surface area (Å²) >= 11 is 3.55. The Hall–Kier alpha value is -6.58. The van der Waals surface area contributed by atoms with Crippen LogP contribution in [0.4, 0.5) is 0 Å². The van der Waals surface area contributed by atoms with Crippen molar-refractivity contribution in [1.82, 2.24) is 16.0 Å². The van der Waals surface area contributed by atoms with Gasteiger partial charge in [-0.25, -0.2) is 0 Å². The molecule has 0 aromatic heterocycles. The minimum Gasteiger partial charge on any atom is -0.481 e. The maximum atomic E-state index is 12.6. The highest BCUT2D eigenvalue weighted by atomic mass is 32.2. The Bertz CT molecular complexity index is 2310. The van der Waals surface area contributed by atoms with Gasteiger partial charge in [0.05, 0.1) is 16.0 Å². The number of hydrogen-bond acceptors (Lipinski definition) is 7. The zero-order chi connectivity index (χ0) is 51.0. The Morgan fingerprint density at radius 2 is 0.764 bits per heavy atom. The zero-order valence-corrected chi connectivity index (χ0v) is 42.9. The van der Waals surface area contributed by atoms with E-state index in [1.54, 1.807) is 23.5 Å². The summed E-state index contributed by atoms with van der Waals surface area (Å²) in [6.07, 6.45) is 11.8. The summed E-state index contributed by atoms with van der Waals surface area (Å²) in [5, 5.41) is 17.3. The van der Waals surface area contributed by atoms with Crippen LogP contribution in [-0.4, -0.2) is 73.2 Å². The van der Waals surface area contributed by atoms with E-state index in [0.29, 0.717) is 63.1 Å². The molecule has 376 valence electrons. The Morgan fingerprint density at radius 1 is 0.458 bits per heavy atom. The largest absolute Gasteiger partial charge is 0.481 e. The summed E-state index contributed by atoms with van der Waals surface area (Å²) in [5.41, 5.74) is 7.09. The molecule has 4 N–H and O–H groups in total. The smallest absolute Gasteiger partial charge is 0.303 e. The minimum atomic E-state index is -0.799. The molecule has 0 bridgehead atoms. The van der Waals surface area contributed by atoms with Crippen LogP contribution < -0.4 is 16.0 Å². The van der Waals surface area contributed by atoms with Crippen LogP contribution in [0.1, 0.15) is 97.6 Å². The van der Waals surface area contributed by atoms with E-state index in [1.807, 2.05) is 36.4 Å². The molecule has 1 saturated heterocycles. The van der Waals surface area contributed by atoms with Gasteiger partial charge in [-0.2, -0.15) is 0 Å². The molecule has 6 aromatic carbocycles. The number of amides is 3. The second-order valence-corrected chi connectivity index (χ2v) is 19.7. The van der Waals surface area contributed by atoms with Crippen molar-refractivity contribution in [1.29, 1.82) is 0 Å². The number of thioether (sulfide) groups is 2. The van der Waals surface area contributed by atoms with Gasteiger partial charge in [0.25, 0.3) is 0 Å². The predicted octanol–water partition coefficient (Wildman–Crippen LogP) is 11.4. The van der Waals surface area contributed by atoms with Gasteiger partial charge in [-0.05, 0) is 71.9 Å². The van der Waals surface area contributed by atoms with Gasteiger partial charge in [-0.15, -0.1) is 29.9 Å². The second kappa shape index (κ2) is 32.4. The molecule has 72 heavy (non-hydrogen) atoms. The number of terminal acetylenes is 1. The molecule has 6 aromatic rings. The number of aliphatic carboxylic acids is 1. The van der Waals surface area contributed by atoms with E-state index in [-0.39, 0.29) is 30.7 Å². The Morgan fingerprint density at radius 3 is 1.04 bits per heavy atom. The number of carbonyl (C=O) groups excluding carboxylic acids is 3. The molecular weight excluding hydrogens is 935 g/mol. The molecular formula is C61H69N3O6S2. The van der Waals surface area contributed by atoms with Crippen molar-refractivity contribution in [2.45, 2.75) is 73.7 Å². The summed E-state index contributed by atoms with van der Waals surface area (Å²) in [4.78, 5) is 47.1. The summed E-state index contributed by atoms with van der Waals surface area (Å²) < 4.78 is 4.10. The number of carbonyl (C=O) groups is 4. The van der Waals surface area contributed by atoms with Gasteiger partial charge in [0, 0.05) is 63.5 Å². The SMILES string of the molecule is C#CCNC(=O)CCCCNC(=O)CCSC(c1ccccc1)(c1ccccc1)c1ccccc1.C1CCOC1.O=C(O)CCCCNC(=O)CCSC(c1ccccc1)(c1ccccc1)c1ccccc1. The van der Waals surface area contributed by atoms with Crippen molar-refractivity contribution in [3.05, 3.63) is 215 Å². The zero-order valence-electron chi connectivity index (χ0n) is 41.2. The molecule has 1 aliphatic heterocycles. The quantitative estimate of drug-likeness (QED) is 0.0253. The molecule has 1 fully saturated rings. The molecule has 1 aliphatic rings. The lowest BCUT2D eigenvalue weighted by atomic mass is 9.84. The maximum absolute atomic E-state index is 12.6. The number of hydrogen-bond donors (Lipinski definition) is 4. The third-order valence-electron chi connectivity index (χ3n) is 11.9. The van der Waals surface area contributed by atoms with Gasteiger partial charge in [-0.3, -0.25) is 19.2 Å². The van der Waals surface area contributed by atoms with Crippen LogP contribution in [0, 0.1) is 12.3 Å². The molecule has 9 nitrogen and oxygen atoms in total. The van der Waals surface area contributed by atoms with Crippen LogP contribution in [0.3, 0.4) is 0 Å². The number of carboxylic acids is 1. The van der Waals surface area contributed by atoms with Crippen molar-refractivity contribution in [3.63, 3.8) is 0 Å². The molecule has 1 heterocycles. The van der Waals surface area contributed by atoms with E-state index in [4.69, 9.17) is 16.3 Å². The summed E-state index contributed by atoms with van der Waals surface area (Å²) in [6, 6.07) is 62.7. The molecule has 0 spiro atoms. The molecule has 0 atom stereocenters. The molecule has 3 amide bonds. The third kappa shape index (κ3) is 18.2. The fraction of sp³-hybridized carbons (Fsp3) is 0.311. The van der Waals surface area contributed by atoms with E-state index in [0.717, 1.165) is 19.6 Å². The lowest BCUT2D eigenvalue weighted by Gasteiger charge is -2.35. The van der Waals surface area contributed by atoms with Crippen molar-refractivity contribution in [2.75, 3.05) is 44.4 Å². The van der Waals surface area contributed by atoms with E-state index < -0.39 is 15.5 Å². The van der Waals surface area contributed by atoms with Crippen LogP contribution in [0.5, 0.6) is 0 Å². The number of rotatable bonds is 25. The monoisotopic (exact) mass is 1000 g/mol. The first-order valence-corrected chi connectivity index (χ1v) is 26.9. The van der Waals surface area contributed by atoms with Crippen molar-refractivity contribution in [2.24, 2.45) is 0 Å². The van der Waals surface area contributed by atoms with Gasteiger partial charge in [0.2, 0.25) is 17.7 Å². The van der Waals surface area contributed by atoms with Gasteiger partial charge >= 0.3 is 5.97 Å². The molecule has 0 aliphatic carbocycles. The highest BCUT2D eigenvalue weighted by Crippen LogP contribution is 2.50. The average Bonchev–Trinajstić information content (AvgIpc) is 4.03. The Kier molecular flexibility index (Phi) is 25.4. The molecule has 11 heteroatoms. The highest BCUT2D eigenvalue weighted by molar-refractivity contribution is 8.00. The summed E-state index contributed by atoms with van der Waals surface area (Å²) in [6.45, 7) is 3.33. The molecule has 0 unspecified atom stereocenters. The molecule has 7 rings (SSSR count). The van der Waals surface area contributed by atoms with Gasteiger partial charge in [0.15, 0.2) is 0 Å². The average molecular weight is 1000 g/mol. The predicted molar refractivity (Wildman–Crippen MR) is 296 cm³/mol. The van der Waals surface area contributed by atoms with E-state index in [9.17, 15) is 19.2 Å². The van der Waals surface area contributed by atoms with Gasteiger partial charge in [-0.1, -0.05) is 188 Å². The number of unbranched alkanes of at least 4 members (excludes halogenated alkanes) is 2. The first-order chi connectivity index (χ1) is 35.3. The van der Waals surface area contributed by atoms with Crippen LogP contribution in [0.25, 0.3) is 0 Å². The van der Waals surface area contributed by atoms with E-state index in [2.05, 4.69) is 167 Å². The standard InChI is InChI=1S/C30H32N2O2S.C27H29NO3S.C4H8O/c1-2-22-31-28(33)20-12-13-23-32-29(34)21-24-35-30(25-14-6-3-7-15-25,26-16-8-4-9-17-26)27-18-10-5-11-19-27;29-25(28-20-11-10-18-26(30)31)19-21-32-27(22-12-4-1-5-13-22,23-14-6-2-7-15-23)24-16-8-3-9-17-24;1-2-4-5-3-1/h1,3-11,14-19H,12-13,20-24H2,(H,31,33)(H,32,34);1-9,12-17H,10-11,18-21H2,(H,28,29)(H,30,31);1-4H2. The normalized spacial score (nSPS) is 11.9. The first-order valence-electron chi connectivity index (χ1n) is 24.9. The van der Waals surface area contributed by atoms with Crippen molar-refractivity contribution in [3.8, 4) is 12.3 Å². The second-order valence-electron chi connectivity index (χ2n) is 17.1. The number of benzene rings is 6. The highest BCUT2D eigenvalue weighted by Gasteiger charge is 2.38. The first kappa shape index (κ1) is 56.3. The van der Waals surface area contributed by atoms with Crippen molar-refractivity contribution >= 4 is 47.2 Å². The fourth-order valence-electron chi connectivity index (χ4n) is 8.32. The third-order valence-corrected chi connectivity index (χ3v) is 15.0. The Balaban J connectivity index is 0.000000244. The van der Waals surface area contributed by atoms with Crippen LogP contribution >= 0.6 is 23.5 Å². The van der Waals surface area contributed by atoms with Gasteiger partial charge in [0.1, 0.15) is 0 Å². The molecule has 0 radical (unpaired) electrons. The number of ether oxygens (including phenoxy) is 1. The van der Waals surface area contributed by atoms with Gasteiger partial charge < -0.3 is 25.8 Å². The summed E-state index contributed by atoms with van der Waals surface area (Å²) in [5.74, 6) is 2.87. The topological polar surface area (TPSA) is 134 Å². The number of nitrogens with one attached hydrogen (secondary N) is 3. The lowest BCUT2D eigenvalue weighted by molar-refractivity contribution is -0.137. The van der Waals surface area contributed by atoms with E-state index >= 15 is 0 Å². The van der Waals surface area contributed by atoms with Crippen LogP contribution in [0.2, 0.25) is 0 Å². The van der Waals surface area contributed by atoms with Crippen LogP contribution in [0.15, 0.2) is 182 Å². The summed E-state index contributed by atoms with van der Waals surface area (Å²) in [7, 11) is 0. The Labute approximate surface area is 435 Å². The molecule has 0 saturated carbocycles. The lowest BCUT2D eigenvalue weighted by Crippen LogP contribution is -2.28. The fourth-order valence-corrected chi connectivity index (χ4v) is 11.3.